The molecule has 6 heteroatoms. The van der Waals surface area contributed by atoms with E-state index in [9.17, 15) is 4.79 Å². The van der Waals surface area contributed by atoms with Crippen molar-refractivity contribution < 1.29 is 18.8 Å². The van der Waals surface area contributed by atoms with Gasteiger partial charge in [-0.05, 0) is 26.2 Å². The van der Waals surface area contributed by atoms with E-state index in [1.54, 1.807) is 14.2 Å². The van der Waals surface area contributed by atoms with Crippen molar-refractivity contribution in [2.75, 3.05) is 27.4 Å². The summed E-state index contributed by atoms with van der Waals surface area (Å²) in [6.07, 6.45) is 3.91. The number of carbonyl (C=O) groups excluding carboxylic acids is 1. The Balaban J connectivity index is 2.00. The highest BCUT2D eigenvalue weighted by molar-refractivity contribution is 5.93. The number of fused-ring (bicyclic) bond motifs is 1. The van der Waals surface area contributed by atoms with Gasteiger partial charge in [0.1, 0.15) is 11.4 Å². The Labute approximate surface area is 118 Å². The second kappa shape index (κ2) is 6.37. The van der Waals surface area contributed by atoms with Gasteiger partial charge in [-0.2, -0.15) is 0 Å². The number of carbonyl (C=O) groups is 1. The number of amides is 1. The molecule has 2 rings (SSSR count). The van der Waals surface area contributed by atoms with Crippen LogP contribution < -0.4 is 5.32 Å². The van der Waals surface area contributed by atoms with Crippen molar-refractivity contribution in [1.29, 1.82) is 0 Å². The molecule has 1 amide bonds. The molecule has 0 aliphatic heterocycles. The van der Waals surface area contributed by atoms with Gasteiger partial charge in [0, 0.05) is 32.7 Å². The third kappa shape index (κ3) is 3.19. The number of nitrogens with one attached hydrogen (secondary N) is 1. The monoisotopic (exact) mass is 282 g/mol. The van der Waals surface area contributed by atoms with Crippen LogP contribution in [0.3, 0.4) is 0 Å². The molecule has 0 aromatic carbocycles. The molecule has 0 unspecified atom stereocenters. The summed E-state index contributed by atoms with van der Waals surface area (Å²) >= 11 is 0. The molecule has 6 nitrogen and oxygen atoms in total. The fourth-order valence-corrected chi connectivity index (χ4v) is 2.40. The number of ether oxygens (including phenoxy) is 2. The Morgan fingerprint density at radius 3 is 2.85 bits per heavy atom. The van der Waals surface area contributed by atoms with E-state index in [1.165, 1.54) is 0 Å². The van der Waals surface area contributed by atoms with E-state index in [0.717, 1.165) is 37.0 Å². The lowest BCUT2D eigenvalue weighted by atomic mass is 9.96. The molecule has 112 valence electrons. The van der Waals surface area contributed by atoms with E-state index >= 15 is 0 Å². The predicted molar refractivity (Wildman–Crippen MR) is 72.8 cm³/mol. The first-order valence-electron chi connectivity index (χ1n) is 6.89. The minimum atomic E-state index is -0.547. The summed E-state index contributed by atoms with van der Waals surface area (Å²) in [7, 11) is 3.20. The number of hydrogen-bond acceptors (Lipinski definition) is 5. The van der Waals surface area contributed by atoms with Crippen LogP contribution in [-0.2, 0) is 22.3 Å². The Morgan fingerprint density at radius 2 is 2.15 bits per heavy atom. The lowest BCUT2D eigenvalue weighted by molar-refractivity contribution is -0.0480. The Kier molecular flexibility index (Phi) is 4.77. The van der Waals surface area contributed by atoms with Gasteiger partial charge in [-0.25, -0.2) is 0 Å². The van der Waals surface area contributed by atoms with Gasteiger partial charge in [-0.15, -0.1) is 0 Å². The number of methoxy groups -OCH3 is 2. The Hall–Kier alpha value is -1.40. The van der Waals surface area contributed by atoms with Crippen LogP contribution in [0.2, 0.25) is 0 Å². The van der Waals surface area contributed by atoms with Gasteiger partial charge in [0.15, 0.2) is 5.69 Å². The summed E-state index contributed by atoms with van der Waals surface area (Å²) in [6, 6.07) is 0. The standard InChI is InChI=1S/C14H22N2O4/c1-14(19-3,9-18-2)8-15-13(17)12-10-6-4-5-7-11(10)20-16-12/h4-9H2,1-3H3,(H,15,17)/t14-/m1/s1. The van der Waals surface area contributed by atoms with E-state index in [1.807, 2.05) is 6.92 Å². The predicted octanol–water partition coefficient (Wildman–Crippen LogP) is 1.33. The highest BCUT2D eigenvalue weighted by atomic mass is 16.5. The van der Waals surface area contributed by atoms with Crippen molar-refractivity contribution in [3.8, 4) is 0 Å². The molecule has 1 aliphatic rings. The van der Waals surface area contributed by atoms with Crippen molar-refractivity contribution in [2.24, 2.45) is 0 Å². The molecule has 0 bridgehead atoms. The van der Waals surface area contributed by atoms with Crippen LogP contribution in [0.15, 0.2) is 4.52 Å². The quantitative estimate of drug-likeness (QED) is 0.852. The third-order valence-electron chi connectivity index (χ3n) is 3.73. The SMILES string of the molecule is COC[C@@](C)(CNC(=O)c1noc2c1CCCC2)OC. The molecule has 0 saturated heterocycles. The van der Waals surface area contributed by atoms with Gasteiger partial charge in [0.25, 0.3) is 5.91 Å². The maximum atomic E-state index is 12.2. The molecular weight excluding hydrogens is 260 g/mol. The average Bonchev–Trinajstić information content (AvgIpc) is 2.89. The first-order valence-corrected chi connectivity index (χ1v) is 6.89. The zero-order valence-corrected chi connectivity index (χ0v) is 12.3. The summed E-state index contributed by atoms with van der Waals surface area (Å²) in [4.78, 5) is 12.2. The minimum absolute atomic E-state index is 0.212. The van der Waals surface area contributed by atoms with Crippen LogP contribution in [-0.4, -0.2) is 44.0 Å². The molecule has 1 aromatic rings. The van der Waals surface area contributed by atoms with E-state index in [0.29, 0.717) is 18.8 Å². The number of hydrogen-bond donors (Lipinski definition) is 1. The van der Waals surface area contributed by atoms with Gasteiger partial charge in [-0.3, -0.25) is 4.79 Å². The summed E-state index contributed by atoms with van der Waals surface area (Å²) in [5, 5.41) is 6.76. The zero-order chi connectivity index (χ0) is 14.6. The van der Waals surface area contributed by atoms with Gasteiger partial charge in [0.05, 0.1) is 6.61 Å². The van der Waals surface area contributed by atoms with Crippen molar-refractivity contribution in [3.63, 3.8) is 0 Å². The molecule has 20 heavy (non-hydrogen) atoms. The van der Waals surface area contributed by atoms with E-state index < -0.39 is 5.60 Å². The van der Waals surface area contributed by atoms with Gasteiger partial charge in [0.2, 0.25) is 0 Å². The minimum Gasteiger partial charge on any atom is -0.382 e. The number of nitrogens with zero attached hydrogens (tertiary/aromatic N) is 1. The van der Waals surface area contributed by atoms with E-state index in [-0.39, 0.29) is 5.91 Å². The number of aromatic nitrogens is 1. The molecule has 1 N–H and O–H groups in total. The van der Waals surface area contributed by atoms with Crippen LogP contribution in [0.5, 0.6) is 0 Å². The van der Waals surface area contributed by atoms with Crippen LogP contribution in [0.1, 0.15) is 41.6 Å². The smallest absolute Gasteiger partial charge is 0.273 e. The molecule has 0 fully saturated rings. The average molecular weight is 282 g/mol. The molecule has 1 aliphatic carbocycles. The van der Waals surface area contributed by atoms with Crippen LogP contribution in [0, 0.1) is 0 Å². The van der Waals surface area contributed by atoms with Crippen LogP contribution in [0.25, 0.3) is 0 Å². The molecular formula is C14H22N2O4. The van der Waals surface area contributed by atoms with Crippen LogP contribution >= 0.6 is 0 Å². The highest BCUT2D eigenvalue weighted by Gasteiger charge is 2.28. The van der Waals surface area contributed by atoms with Crippen molar-refractivity contribution in [1.82, 2.24) is 10.5 Å². The summed E-state index contributed by atoms with van der Waals surface area (Å²) in [5.74, 6) is 0.643. The fraction of sp³-hybridized carbons (Fsp3) is 0.714. The Morgan fingerprint density at radius 1 is 1.40 bits per heavy atom. The highest BCUT2D eigenvalue weighted by Crippen LogP contribution is 2.24. The third-order valence-corrected chi connectivity index (χ3v) is 3.73. The van der Waals surface area contributed by atoms with E-state index in [4.69, 9.17) is 14.0 Å². The topological polar surface area (TPSA) is 73.6 Å². The van der Waals surface area contributed by atoms with Crippen LogP contribution in [0.4, 0.5) is 0 Å². The van der Waals surface area contributed by atoms with Crippen molar-refractivity contribution in [2.45, 2.75) is 38.2 Å². The largest absolute Gasteiger partial charge is 0.382 e. The van der Waals surface area contributed by atoms with Gasteiger partial charge in [-0.1, -0.05) is 5.16 Å². The Bertz CT molecular complexity index is 472. The second-order valence-electron chi connectivity index (χ2n) is 5.41. The summed E-state index contributed by atoms with van der Waals surface area (Å²) < 4.78 is 15.7. The first kappa shape index (κ1) is 15.0. The van der Waals surface area contributed by atoms with Crippen molar-refractivity contribution in [3.05, 3.63) is 17.0 Å². The lowest BCUT2D eigenvalue weighted by Gasteiger charge is -2.27. The van der Waals surface area contributed by atoms with Gasteiger partial charge >= 0.3 is 0 Å². The molecule has 1 atom stereocenters. The van der Waals surface area contributed by atoms with E-state index in [2.05, 4.69) is 10.5 Å². The second-order valence-corrected chi connectivity index (χ2v) is 5.41. The maximum absolute atomic E-state index is 12.2. The number of rotatable bonds is 6. The summed E-state index contributed by atoms with van der Waals surface area (Å²) in [5.41, 5.74) is 0.823. The van der Waals surface area contributed by atoms with Gasteiger partial charge < -0.3 is 19.3 Å². The summed E-state index contributed by atoms with van der Waals surface area (Å²) in [6.45, 7) is 2.65. The maximum Gasteiger partial charge on any atom is 0.273 e. The lowest BCUT2D eigenvalue weighted by Crippen LogP contribution is -2.45. The molecule has 0 radical (unpaired) electrons. The zero-order valence-electron chi connectivity index (χ0n) is 12.3. The molecule has 0 saturated carbocycles. The molecule has 1 heterocycles. The fourth-order valence-electron chi connectivity index (χ4n) is 2.40. The number of aryl methyl sites for hydroxylation is 1. The molecule has 0 spiro atoms. The normalized spacial score (nSPS) is 17.4. The van der Waals surface area contributed by atoms with Crippen molar-refractivity contribution >= 4 is 5.91 Å². The molecule has 1 aromatic heterocycles. The first-order chi connectivity index (χ1) is 9.59.